The van der Waals surface area contributed by atoms with Crippen molar-refractivity contribution in [1.29, 1.82) is 0 Å². The fourth-order valence-electron chi connectivity index (χ4n) is 2.72. The van der Waals surface area contributed by atoms with E-state index in [1.54, 1.807) is 22.2 Å². The Balaban J connectivity index is 1.68. The number of rotatable bonds is 4. The number of thiophene rings is 1. The van der Waals surface area contributed by atoms with Crippen LogP contribution in [0.25, 0.3) is 16.6 Å². The number of amides is 1. The van der Waals surface area contributed by atoms with Crippen LogP contribution in [0, 0.1) is 0 Å². The number of benzene rings is 1. The molecule has 2 N–H and O–H groups in total. The number of fused-ring (bicyclic) bond motifs is 1. The van der Waals surface area contributed by atoms with Gasteiger partial charge >= 0.3 is 5.97 Å². The minimum Gasteiger partial charge on any atom is -0.478 e. The minimum atomic E-state index is -1.10. The Morgan fingerprint density at radius 1 is 1.15 bits per heavy atom. The van der Waals surface area contributed by atoms with Gasteiger partial charge in [-0.2, -0.15) is 5.10 Å². The Morgan fingerprint density at radius 3 is 2.63 bits per heavy atom. The first kappa shape index (κ1) is 17.4. The van der Waals surface area contributed by atoms with Crippen molar-refractivity contribution in [3.8, 4) is 11.1 Å². The molecule has 4 rings (SSSR count). The number of nitrogens with zero attached hydrogens (tertiary/aromatic N) is 2. The quantitative estimate of drug-likeness (QED) is 0.477. The molecule has 1 amide bonds. The molecule has 3 heterocycles. The summed E-state index contributed by atoms with van der Waals surface area (Å²) >= 11 is 4.54. The normalized spacial score (nSPS) is 10.9. The summed E-state index contributed by atoms with van der Waals surface area (Å²) in [6.07, 6.45) is 1.74. The van der Waals surface area contributed by atoms with E-state index in [1.807, 2.05) is 42.5 Å². The third kappa shape index (κ3) is 3.36. The van der Waals surface area contributed by atoms with Gasteiger partial charge in [0.2, 0.25) is 0 Å². The molecule has 0 aliphatic carbocycles. The number of carbonyl (C=O) groups excluding carboxylic acids is 1. The van der Waals surface area contributed by atoms with Gasteiger partial charge in [-0.25, -0.2) is 9.31 Å². The average Bonchev–Trinajstić information content (AvgIpc) is 3.26. The van der Waals surface area contributed by atoms with Crippen LogP contribution >= 0.6 is 27.3 Å². The number of hydrogen-bond donors (Lipinski definition) is 2. The zero-order valence-corrected chi connectivity index (χ0v) is 16.1. The van der Waals surface area contributed by atoms with E-state index in [-0.39, 0.29) is 16.3 Å². The van der Waals surface area contributed by atoms with E-state index in [9.17, 15) is 14.7 Å². The Labute approximate surface area is 166 Å². The van der Waals surface area contributed by atoms with Crippen molar-refractivity contribution in [3.63, 3.8) is 0 Å². The van der Waals surface area contributed by atoms with Crippen LogP contribution in [0.5, 0.6) is 0 Å². The summed E-state index contributed by atoms with van der Waals surface area (Å²) in [5.74, 6) is -1.55. The summed E-state index contributed by atoms with van der Waals surface area (Å²) in [6.45, 7) is 0. The third-order valence-electron chi connectivity index (χ3n) is 3.99. The number of hydrogen-bond acceptors (Lipinski definition) is 4. The largest absolute Gasteiger partial charge is 0.478 e. The first-order valence-electron chi connectivity index (χ1n) is 7.89. The molecule has 6 nitrogen and oxygen atoms in total. The zero-order chi connectivity index (χ0) is 19.0. The lowest BCUT2D eigenvalue weighted by atomic mass is 10.0. The predicted octanol–water partition coefficient (Wildman–Crippen LogP) is 4.78. The molecule has 4 aromatic rings. The lowest BCUT2D eigenvalue weighted by Crippen LogP contribution is -2.14. The molecule has 3 aromatic heterocycles. The zero-order valence-electron chi connectivity index (χ0n) is 13.7. The van der Waals surface area contributed by atoms with Gasteiger partial charge in [-0.1, -0.05) is 34.1 Å². The van der Waals surface area contributed by atoms with E-state index < -0.39 is 11.9 Å². The molecule has 0 aliphatic rings. The molecule has 0 atom stereocenters. The monoisotopic (exact) mass is 441 g/mol. The Hall–Kier alpha value is -2.97. The molecule has 8 heteroatoms. The van der Waals surface area contributed by atoms with Crippen LogP contribution in [-0.4, -0.2) is 26.6 Å². The first-order valence-corrected chi connectivity index (χ1v) is 9.56. The van der Waals surface area contributed by atoms with Crippen molar-refractivity contribution in [1.82, 2.24) is 9.61 Å². The lowest BCUT2D eigenvalue weighted by Gasteiger charge is -2.05. The second kappa shape index (κ2) is 6.98. The topological polar surface area (TPSA) is 83.7 Å². The van der Waals surface area contributed by atoms with Crippen molar-refractivity contribution in [2.75, 3.05) is 5.32 Å². The second-order valence-corrected chi connectivity index (χ2v) is 7.51. The number of carboxylic acid groups (broad SMARTS) is 1. The van der Waals surface area contributed by atoms with Crippen LogP contribution < -0.4 is 5.32 Å². The van der Waals surface area contributed by atoms with E-state index >= 15 is 0 Å². The predicted molar refractivity (Wildman–Crippen MR) is 108 cm³/mol. The van der Waals surface area contributed by atoms with E-state index in [0.29, 0.717) is 5.56 Å². The summed E-state index contributed by atoms with van der Waals surface area (Å²) in [4.78, 5) is 24.4. The van der Waals surface area contributed by atoms with Gasteiger partial charge < -0.3 is 10.4 Å². The number of pyridine rings is 1. The fraction of sp³-hybridized carbons (Fsp3) is 0. The van der Waals surface area contributed by atoms with Gasteiger partial charge in [-0.15, -0.1) is 11.3 Å². The molecule has 134 valence electrons. The van der Waals surface area contributed by atoms with Gasteiger partial charge in [-0.05, 0) is 35.9 Å². The molecule has 0 bridgehead atoms. The maximum Gasteiger partial charge on any atom is 0.339 e. The maximum absolute atomic E-state index is 12.6. The number of carboxylic acids is 1. The van der Waals surface area contributed by atoms with Crippen molar-refractivity contribution >= 4 is 49.7 Å². The third-order valence-corrected chi connectivity index (χ3v) is 5.41. The molecule has 0 fully saturated rings. The van der Waals surface area contributed by atoms with Gasteiger partial charge in [0.25, 0.3) is 5.91 Å². The Bertz CT molecular complexity index is 1130. The standard InChI is InChI=1S/C19H12BrN3O3S/c20-12-6-4-11(5-7-12)14-10-27-18(16(14)19(25)26)21-17(24)15-9-13-3-1-2-8-23(13)22-15/h1-10H,(H,21,24)(H,25,26). The van der Waals surface area contributed by atoms with Gasteiger partial charge in [0.15, 0.2) is 5.69 Å². The van der Waals surface area contributed by atoms with E-state index in [2.05, 4.69) is 26.3 Å². The molecule has 0 saturated carbocycles. The number of aromatic carboxylic acids is 1. The molecule has 0 unspecified atom stereocenters. The molecular formula is C19H12BrN3O3S. The number of carbonyl (C=O) groups is 2. The average molecular weight is 442 g/mol. The van der Waals surface area contributed by atoms with Gasteiger partial charge in [0, 0.05) is 21.6 Å². The summed E-state index contributed by atoms with van der Waals surface area (Å²) in [6, 6.07) is 14.5. The molecular weight excluding hydrogens is 430 g/mol. The highest BCUT2D eigenvalue weighted by Gasteiger charge is 2.22. The van der Waals surface area contributed by atoms with Gasteiger partial charge in [0.1, 0.15) is 10.6 Å². The maximum atomic E-state index is 12.6. The highest BCUT2D eigenvalue weighted by Crippen LogP contribution is 2.36. The van der Waals surface area contributed by atoms with Crippen molar-refractivity contribution < 1.29 is 14.7 Å². The fourth-order valence-corrected chi connectivity index (χ4v) is 3.94. The highest BCUT2D eigenvalue weighted by molar-refractivity contribution is 9.10. The summed E-state index contributed by atoms with van der Waals surface area (Å²) in [5, 5.41) is 18.6. The van der Waals surface area contributed by atoms with Crippen LogP contribution in [0.2, 0.25) is 0 Å². The smallest absolute Gasteiger partial charge is 0.339 e. The lowest BCUT2D eigenvalue weighted by molar-refractivity contribution is 0.0699. The first-order chi connectivity index (χ1) is 13.0. The molecule has 1 aromatic carbocycles. The number of aromatic nitrogens is 2. The molecule has 27 heavy (non-hydrogen) atoms. The van der Waals surface area contributed by atoms with Gasteiger partial charge in [0.05, 0.1) is 5.52 Å². The van der Waals surface area contributed by atoms with E-state index in [4.69, 9.17) is 0 Å². The SMILES string of the molecule is O=C(Nc1scc(-c2ccc(Br)cc2)c1C(=O)O)c1cc2ccccn2n1. The number of halogens is 1. The molecule has 0 radical (unpaired) electrons. The highest BCUT2D eigenvalue weighted by atomic mass is 79.9. The summed E-state index contributed by atoms with van der Waals surface area (Å²) < 4.78 is 2.49. The van der Waals surface area contributed by atoms with Crippen molar-refractivity contribution in [2.24, 2.45) is 0 Å². The number of nitrogens with one attached hydrogen (secondary N) is 1. The van der Waals surface area contributed by atoms with Crippen LogP contribution in [0.3, 0.4) is 0 Å². The number of anilines is 1. The summed E-state index contributed by atoms with van der Waals surface area (Å²) in [7, 11) is 0. The van der Waals surface area contributed by atoms with Crippen LogP contribution in [0.1, 0.15) is 20.8 Å². The molecule has 0 saturated heterocycles. The Morgan fingerprint density at radius 2 is 1.93 bits per heavy atom. The van der Waals surface area contributed by atoms with E-state index in [1.165, 1.54) is 11.3 Å². The van der Waals surface area contributed by atoms with Crippen molar-refractivity contribution in [2.45, 2.75) is 0 Å². The second-order valence-electron chi connectivity index (χ2n) is 5.72. The molecule has 0 aliphatic heterocycles. The van der Waals surface area contributed by atoms with Crippen LogP contribution in [0.15, 0.2) is 64.6 Å². The van der Waals surface area contributed by atoms with E-state index in [0.717, 1.165) is 15.6 Å². The Kier molecular flexibility index (Phi) is 4.51. The minimum absolute atomic E-state index is 0.0689. The van der Waals surface area contributed by atoms with Crippen molar-refractivity contribution in [3.05, 3.63) is 75.8 Å². The molecule has 0 spiro atoms. The van der Waals surface area contributed by atoms with Crippen LogP contribution in [-0.2, 0) is 0 Å². The van der Waals surface area contributed by atoms with Crippen LogP contribution in [0.4, 0.5) is 5.00 Å². The summed E-state index contributed by atoms with van der Waals surface area (Å²) in [5.41, 5.74) is 2.39. The van der Waals surface area contributed by atoms with Gasteiger partial charge in [-0.3, -0.25) is 4.79 Å².